The molecule has 1 aliphatic rings. The lowest BCUT2D eigenvalue weighted by Crippen LogP contribution is -2.20. The topological polar surface area (TPSA) is 103 Å². The van der Waals surface area contributed by atoms with Crippen LogP contribution in [0.3, 0.4) is 0 Å². The molecule has 10 heteroatoms. The van der Waals surface area contributed by atoms with Crippen molar-refractivity contribution in [3.8, 4) is 11.4 Å². The normalized spacial score (nSPS) is 15.5. The summed E-state index contributed by atoms with van der Waals surface area (Å²) < 4.78 is 3.11. The fourth-order valence-electron chi connectivity index (χ4n) is 4.22. The highest BCUT2D eigenvalue weighted by molar-refractivity contribution is 7.99. The number of primary amides is 1. The monoisotopic (exact) mass is 497 g/mol. The molecular formula is C23H23N5O2S3. The van der Waals surface area contributed by atoms with E-state index < -0.39 is 5.91 Å². The van der Waals surface area contributed by atoms with Crippen LogP contribution in [0.1, 0.15) is 34.1 Å². The molecule has 33 heavy (non-hydrogen) atoms. The fourth-order valence-corrected chi connectivity index (χ4v) is 7.30. The lowest BCUT2D eigenvalue weighted by atomic mass is 9.88. The zero-order valence-electron chi connectivity index (χ0n) is 18.3. The molecule has 1 aromatic carbocycles. The van der Waals surface area contributed by atoms with Gasteiger partial charge in [-0.2, -0.15) is 0 Å². The minimum absolute atomic E-state index is 0.160. The van der Waals surface area contributed by atoms with Crippen LogP contribution in [0, 0.1) is 5.92 Å². The molecular weight excluding hydrogens is 474 g/mol. The van der Waals surface area contributed by atoms with E-state index in [1.165, 1.54) is 27.8 Å². The summed E-state index contributed by atoms with van der Waals surface area (Å²) in [6.07, 6.45) is 2.78. The van der Waals surface area contributed by atoms with Gasteiger partial charge in [0.05, 0.1) is 11.3 Å². The van der Waals surface area contributed by atoms with Gasteiger partial charge in [0.2, 0.25) is 5.91 Å². The Kier molecular flexibility index (Phi) is 5.98. The molecule has 0 bridgehead atoms. The number of carbonyl (C=O) groups excluding carboxylic acids is 2. The zero-order chi connectivity index (χ0) is 23.1. The summed E-state index contributed by atoms with van der Waals surface area (Å²) in [7, 11) is 1.90. The number of amides is 2. The van der Waals surface area contributed by atoms with Gasteiger partial charge in [0, 0.05) is 33.0 Å². The van der Waals surface area contributed by atoms with Crippen molar-refractivity contribution in [3.63, 3.8) is 0 Å². The third-order valence-electron chi connectivity index (χ3n) is 5.90. The van der Waals surface area contributed by atoms with Crippen molar-refractivity contribution in [1.82, 2.24) is 14.8 Å². The number of carbonyl (C=O) groups is 2. The Morgan fingerprint density at radius 2 is 2.12 bits per heavy atom. The average molecular weight is 498 g/mol. The van der Waals surface area contributed by atoms with Crippen LogP contribution in [0.2, 0.25) is 0 Å². The fraction of sp³-hybridized carbons (Fsp3) is 0.304. The van der Waals surface area contributed by atoms with E-state index in [0.29, 0.717) is 21.6 Å². The predicted molar refractivity (Wildman–Crippen MR) is 135 cm³/mol. The molecule has 7 nitrogen and oxygen atoms in total. The van der Waals surface area contributed by atoms with Crippen molar-refractivity contribution >= 4 is 61.3 Å². The Labute approximate surface area is 203 Å². The highest BCUT2D eigenvalue weighted by Gasteiger charge is 2.27. The van der Waals surface area contributed by atoms with Gasteiger partial charge in [-0.15, -0.1) is 32.9 Å². The van der Waals surface area contributed by atoms with Crippen LogP contribution in [-0.2, 0) is 24.7 Å². The molecule has 0 radical (unpaired) electrons. The summed E-state index contributed by atoms with van der Waals surface area (Å²) in [5.41, 5.74) is 8.18. The second kappa shape index (κ2) is 8.92. The molecule has 3 heterocycles. The first kappa shape index (κ1) is 22.1. The van der Waals surface area contributed by atoms with E-state index >= 15 is 0 Å². The molecule has 2 amide bonds. The molecule has 3 aromatic heterocycles. The Balaban J connectivity index is 1.30. The number of anilines is 1. The van der Waals surface area contributed by atoms with Crippen molar-refractivity contribution in [2.24, 2.45) is 18.7 Å². The summed E-state index contributed by atoms with van der Waals surface area (Å²) in [4.78, 5) is 26.0. The third kappa shape index (κ3) is 4.18. The molecule has 4 aromatic rings. The van der Waals surface area contributed by atoms with Crippen LogP contribution >= 0.6 is 34.4 Å². The first-order chi connectivity index (χ1) is 15.9. The number of thioether (sulfide) groups is 1. The van der Waals surface area contributed by atoms with E-state index in [2.05, 4.69) is 40.0 Å². The van der Waals surface area contributed by atoms with Crippen molar-refractivity contribution < 1.29 is 9.59 Å². The standard InChI is InChI=1S/C23H23N5O2S3/c1-12-7-8-14-17(9-12)33-22(19(14)20(24)30)25-18(29)11-32-23-27-26-21(28(23)2)15-10-31-16-6-4-3-5-13(15)16/h3-6,10,12H,7-9,11H2,1-2H3,(H2,24,30)(H,25,29)/t12-/m0/s1. The molecule has 1 atom stereocenters. The average Bonchev–Trinajstić information content (AvgIpc) is 3.46. The molecule has 0 spiro atoms. The van der Waals surface area contributed by atoms with E-state index in [9.17, 15) is 9.59 Å². The molecule has 1 aliphatic carbocycles. The first-order valence-electron chi connectivity index (χ1n) is 10.6. The summed E-state index contributed by atoms with van der Waals surface area (Å²) in [5, 5.41) is 16.0. The largest absolute Gasteiger partial charge is 0.365 e. The van der Waals surface area contributed by atoms with Crippen LogP contribution in [0.25, 0.3) is 21.5 Å². The molecule has 0 fully saturated rings. The molecule has 0 unspecified atom stereocenters. The third-order valence-corrected chi connectivity index (χ3v) is 9.05. The van der Waals surface area contributed by atoms with E-state index in [0.717, 1.165) is 46.5 Å². The van der Waals surface area contributed by atoms with Crippen LogP contribution in [0.4, 0.5) is 5.00 Å². The summed E-state index contributed by atoms with van der Waals surface area (Å²) in [6, 6.07) is 8.20. The van der Waals surface area contributed by atoms with Gasteiger partial charge in [0.25, 0.3) is 5.91 Å². The number of rotatable bonds is 6. The number of benzene rings is 1. The maximum atomic E-state index is 12.7. The van der Waals surface area contributed by atoms with Crippen molar-refractivity contribution in [3.05, 3.63) is 45.6 Å². The van der Waals surface area contributed by atoms with Crippen LogP contribution in [0.5, 0.6) is 0 Å². The maximum Gasteiger partial charge on any atom is 0.251 e. The van der Waals surface area contributed by atoms with Gasteiger partial charge in [-0.25, -0.2) is 0 Å². The van der Waals surface area contributed by atoms with E-state index in [-0.39, 0.29) is 11.7 Å². The zero-order valence-corrected chi connectivity index (χ0v) is 20.7. The van der Waals surface area contributed by atoms with Crippen molar-refractivity contribution in [2.45, 2.75) is 31.3 Å². The molecule has 0 saturated carbocycles. The summed E-state index contributed by atoms with van der Waals surface area (Å²) in [6.45, 7) is 2.20. The number of fused-ring (bicyclic) bond motifs is 2. The first-order valence-corrected chi connectivity index (χ1v) is 13.3. The molecule has 170 valence electrons. The molecule has 3 N–H and O–H groups in total. The van der Waals surface area contributed by atoms with Gasteiger partial charge >= 0.3 is 0 Å². The lowest BCUT2D eigenvalue weighted by Gasteiger charge is -2.18. The van der Waals surface area contributed by atoms with Gasteiger partial charge in [0.15, 0.2) is 11.0 Å². The van der Waals surface area contributed by atoms with Gasteiger partial charge < -0.3 is 15.6 Å². The van der Waals surface area contributed by atoms with E-state index in [4.69, 9.17) is 5.73 Å². The number of aromatic nitrogens is 3. The highest BCUT2D eigenvalue weighted by atomic mass is 32.2. The van der Waals surface area contributed by atoms with Gasteiger partial charge in [0.1, 0.15) is 5.00 Å². The number of thiophene rings is 2. The van der Waals surface area contributed by atoms with E-state index in [1.807, 2.05) is 23.7 Å². The minimum Gasteiger partial charge on any atom is -0.365 e. The number of hydrogen-bond donors (Lipinski definition) is 2. The second-order valence-corrected chi connectivity index (χ2v) is 11.2. The van der Waals surface area contributed by atoms with Crippen LogP contribution in [-0.4, -0.2) is 32.3 Å². The minimum atomic E-state index is -0.481. The Hall–Kier alpha value is -2.69. The Morgan fingerprint density at radius 3 is 2.94 bits per heavy atom. The lowest BCUT2D eigenvalue weighted by molar-refractivity contribution is -0.113. The molecule has 5 rings (SSSR count). The maximum absolute atomic E-state index is 12.7. The summed E-state index contributed by atoms with van der Waals surface area (Å²) >= 11 is 4.47. The van der Waals surface area contributed by atoms with Crippen LogP contribution < -0.4 is 11.1 Å². The predicted octanol–water partition coefficient (Wildman–Crippen LogP) is 4.71. The molecule has 0 aliphatic heterocycles. The number of nitrogens with zero attached hydrogens (tertiary/aromatic N) is 3. The number of nitrogens with two attached hydrogens (primary N) is 1. The number of nitrogens with one attached hydrogen (secondary N) is 1. The quantitative estimate of drug-likeness (QED) is 0.376. The van der Waals surface area contributed by atoms with E-state index in [1.54, 1.807) is 11.3 Å². The molecule has 0 saturated heterocycles. The summed E-state index contributed by atoms with van der Waals surface area (Å²) in [5.74, 6) is 0.826. The van der Waals surface area contributed by atoms with Gasteiger partial charge in [-0.05, 0) is 36.8 Å². The number of hydrogen-bond acceptors (Lipinski definition) is 7. The van der Waals surface area contributed by atoms with Gasteiger partial charge in [-0.3, -0.25) is 9.59 Å². The smallest absolute Gasteiger partial charge is 0.251 e. The SMILES string of the molecule is C[C@H]1CCc2c(sc(NC(=O)CSc3nnc(-c4csc5ccccc45)n3C)c2C(N)=O)C1. The second-order valence-electron chi connectivity index (χ2n) is 8.27. The highest BCUT2D eigenvalue weighted by Crippen LogP contribution is 2.39. The Morgan fingerprint density at radius 1 is 1.30 bits per heavy atom. The van der Waals surface area contributed by atoms with Crippen molar-refractivity contribution in [1.29, 1.82) is 0 Å². The van der Waals surface area contributed by atoms with Crippen LogP contribution in [0.15, 0.2) is 34.8 Å². The van der Waals surface area contributed by atoms with Gasteiger partial charge in [-0.1, -0.05) is 36.9 Å². The van der Waals surface area contributed by atoms with Crippen molar-refractivity contribution in [2.75, 3.05) is 11.1 Å². The Bertz CT molecular complexity index is 1370.